The average molecular weight is 234 g/mol. The zero-order chi connectivity index (χ0) is 12.1. The first-order valence-electron chi connectivity index (χ1n) is 5.89. The molecule has 0 radical (unpaired) electrons. The monoisotopic (exact) mass is 234 g/mol. The number of aliphatic hydroxyl groups excluding tert-OH is 3. The van der Waals surface area contributed by atoms with E-state index in [0.717, 1.165) is 19.3 Å². The van der Waals surface area contributed by atoms with Gasteiger partial charge in [0.15, 0.2) is 6.29 Å². The predicted octanol–water partition coefficient (Wildman–Crippen LogP) is 0.0207. The molecule has 1 aliphatic heterocycles. The Morgan fingerprint density at radius 3 is 2.38 bits per heavy atom. The van der Waals surface area contributed by atoms with E-state index < -0.39 is 30.7 Å². The summed E-state index contributed by atoms with van der Waals surface area (Å²) in [6.45, 7) is 4.22. The van der Waals surface area contributed by atoms with Gasteiger partial charge >= 0.3 is 0 Å². The van der Waals surface area contributed by atoms with E-state index >= 15 is 0 Å². The molecule has 5 atom stereocenters. The van der Waals surface area contributed by atoms with Crippen LogP contribution in [0.15, 0.2) is 0 Å². The average Bonchev–Trinajstić information content (AvgIpc) is 2.28. The van der Waals surface area contributed by atoms with Crippen molar-refractivity contribution in [2.75, 3.05) is 6.61 Å². The topological polar surface area (TPSA) is 79.2 Å². The Bertz CT molecular complexity index is 199. The molecule has 1 aliphatic rings. The van der Waals surface area contributed by atoms with Crippen LogP contribution in [0.25, 0.3) is 0 Å². The van der Waals surface area contributed by atoms with Gasteiger partial charge in [0.1, 0.15) is 18.3 Å². The minimum Gasteiger partial charge on any atom is -0.388 e. The van der Waals surface area contributed by atoms with Gasteiger partial charge in [0.25, 0.3) is 0 Å². The summed E-state index contributed by atoms with van der Waals surface area (Å²) in [6.07, 6.45) is -1.78. The van der Waals surface area contributed by atoms with E-state index in [-0.39, 0.29) is 0 Å². The van der Waals surface area contributed by atoms with Crippen molar-refractivity contribution in [2.24, 2.45) is 0 Å². The van der Waals surface area contributed by atoms with E-state index in [0.29, 0.717) is 6.61 Å². The maximum Gasteiger partial charge on any atom is 0.186 e. The lowest BCUT2D eigenvalue weighted by Gasteiger charge is -2.38. The van der Waals surface area contributed by atoms with Gasteiger partial charge in [0, 0.05) is 6.61 Å². The molecule has 96 valence electrons. The molecule has 1 saturated heterocycles. The van der Waals surface area contributed by atoms with E-state index in [1.165, 1.54) is 0 Å². The fourth-order valence-electron chi connectivity index (χ4n) is 1.70. The molecule has 0 aliphatic carbocycles. The van der Waals surface area contributed by atoms with Gasteiger partial charge in [-0.15, -0.1) is 0 Å². The molecule has 0 bridgehead atoms. The van der Waals surface area contributed by atoms with Crippen LogP contribution in [0, 0.1) is 0 Å². The molecular formula is C11H22O5. The van der Waals surface area contributed by atoms with Crippen molar-refractivity contribution in [1.29, 1.82) is 0 Å². The number of unbranched alkanes of at least 4 members (excludes halogenated alkanes) is 2. The summed E-state index contributed by atoms with van der Waals surface area (Å²) in [7, 11) is 0. The molecule has 1 rings (SSSR count). The van der Waals surface area contributed by atoms with Crippen molar-refractivity contribution >= 4 is 0 Å². The Balaban J connectivity index is 2.35. The fourth-order valence-corrected chi connectivity index (χ4v) is 1.70. The minimum atomic E-state index is -1.21. The molecule has 0 aromatic heterocycles. The third-order valence-electron chi connectivity index (χ3n) is 2.84. The number of ether oxygens (including phenoxy) is 2. The zero-order valence-electron chi connectivity index (χ0n) is 9.87. The molecule has 16 heavy (non-hydrogen) atoms. The van der Waals surface area contributed by atoms with Gasteiger partial charge in [-0.2, -0.15) is 0 Å². The van der Waals surface area contributed by atoms with Crippen molar-refractivity contribution in [3.8, 4) is 0 Å². The van der Waals surface area contributed by atoms with Crippen LogP contribution in [0.3, 0.4) is 0 Å². The Hall–Kier alpha value is -0.200. The maximum atomic E-state index is 9.62. The molecule has 0 aromatic rings. The van der Waals surface area contributed by atoms with Gasteiger partial charge in [0.2, 0.25) is 0 Å². The fraction of sp³-hybridized carbons (Fsp3) is 1.00. The van der Waals surface area contributed by atoms with E-state index in [2.05, 4.69) is 6.92 Å². The molecule has 1 heterocycles. The highest BCUT2D eigenvalue weighted by atomic mass is 16.7. The van der Waals surface area contributed by atoms with Crippen molar-refractivity contribution in [2.45, 2.75) is 63.8 Å². The Morgan fingerprint density at radius 2 is 1.75 bits per heavy atom. The molecule has 0 saturated carbocycles. The highest BCUT2D eigenvalue weighted by Gasteiger charge is 2.42. The zero-order valence-corrected chi connectivity index (χ0v) is 9.87. The second kappa shape index (κ2) is 6.51. The van der Waals surface area contributed by atoms with Crippen LogP contribution in [0.2, 0.25) is 0 Å². The maximum absolute atomic E-state index is 9.62. The summed E-state index contributed by atoms with van der Waals surface area (Å²) >= 11 is 0. The summed E-state index contributed by atoms with van der Waals surface area (Å²) in [5, 5.41) is 28.6. The first-order valence-corrected chi connectivity index (χ1v) is 5.89. The summed E-state index contributed by atoms with van der Waals surface area (Å²) in [6, 6.07) is 0. The highest BCUT2D eigenvalue weighted by molar-refractivity contribution is 4.87. The predicted molar refractivity (Wildman–Crippen MR) is 57.8 cm³/mol. The number of rotatable bonds is 5. The third kappa shape index (κ3) is 3.40. The Kier molecular flexibility index (Phi) is 5.64. The van der Waals surface area contributed by atoms with E-state index in [1.807, 2.05) is 0 Å². The van der Waals surface area contributed by atoms with Gasteiger partial charge in [-0.3, -0.25) is 0 Å². The second-order valence-corrected chi connectivity index (χ2v) is 4.26. The number of hydrogen-bond acceptors (Lipinski definition) is 5. The van der Waals surface area contributed by atoms with Crippen LogP contribution in [-0.4, -0.2) is 52.6 Å². The van der Waals surface area contributed by atoms with Crippen molar-refractivity contribution < 1.29 is 24.8 Å². The van der Waals surface area contributed by atoms with Gasteiger partial charge < -0.3 is 24.8 Å². The van der Waals surface area contributed by atoms with Crippen LogP contribution in [0.4, 0.5) is 0 Å². The molecule has 3 N–H and O–H groups in total. The minimum absolute atomic E-state index is 0.491. The SMILES string of the molecule is CCCCCO[C@@H]1OC(C)[C@H](O)C(O)C1O. The van der Waals surface area contributed by atoms with Gasteiger partial charge in [-0.1, -0.05) is 19.8 Å². The first-order chi connectivity index (χ1) is 7.57. The Labute approximate surface area is 96.0 Å². The van der Waals surface area contributed by atoms with Crippen LogP contribution >= 0.6 is 0 Å². The Morgan fingerprint density at radius 1 is 1.06 bits per heavy atom. The van der Waals surface area contributed by atoms with Crippen molar-refractivity contribution in [3.05, 3.63) is 0 Å². The summed E-state index contributed by atoms with van der Waals surface area (Å²) in [4.78, 5) is 0. The molecule has 0 spiro atoms. The molecule has 0 amide bonds. The number of hydrogen-bond donors (Lipinski definition) is 3. The molecule has 1 fully saturated rings. The molecular weight excluding hydrogens is 212 g/mol. The molecule has 5 nitrogen and oxygen atoms in total. The lowest BCUT2D eigenvalue weighted by molar-refractivity contribution is -0.293. The lowest BCUT2D eigenvalue weighted by atomic mass is 10.0. The van der Waals surface area contributed by atoms with E-state index in [4.69, 9.17) is 9.47 Å². The van der Waals surface area contributed by atoms with E-state index in [1.54, 1.807) is 6.92 Å². The quantitative estimate of drug-likeness (QED) is 0.584. The highest BCUT2D eigenvalue weighted by Crippen LogP contribution is 2.21. The number of aliphatic hydroxyl groups is 3. The van der Waals surface area contributed by atoms with Crippen molar-refractivity contribution in [3.63, 3.8) is 0 Å². The molecule has 0 aromatic carbocycles. The molecule has 3 unspecified atom stereocenters. The normalized spacial score (nSPS) is 39.9. The lowest BCUT2D eigenvalue weighted by Crippen LogP contribution is -2.57. The smallest absolute Gasteiger partial charge is 0.186 e. The van der Waals surface area contributed by atoms with Crippen LogP contribution < -0.4 is 0 Å². The molecule has 5 heteroatoms. The van der Waals surface area contributed by atoms with Gasteiger partial charge in [0.05, 0.1) is 6.10 Å². The van der Waals surface area contributed by atoms with Crippen LogP contribution in [0.1, 0.15) is 33.1 Å². The summed E-state index contributed by atoms with van der Waals surface area (Å²) < 4.78 is 10.6. The third-order valence-corrected chi connectivity index (χ3v) is 2.84. The second-order valence-electron chi connectivity index (χ2n) is 4.26. The van der Waals surface area contributed by atoms with Crippen LogP contribution in [0.5, 0.6) is 0 Å². The van der Waals surface area contributed by atoms with Crippen molar-refractivity contribution in [1.82, 2.24) is 0 Å². The summed E-state index contributed by atoms with van der Waals surface area (Å²) in [5.74, 6) is 0. The van der Waals surface area contributed by atoms with Crippen LogP contribution in [-0.2, 0) is 9.47 Å². The van der Waals surface area contributed by atoms with Gasteiger partial charge in [-0.25, -0.2) is 0 Å². The summed E-state index contributed by atoms with van der Waals surface area (Å²) in [5.41, 5.74) is 0. The largest absolute Gasteiger partial charge is 0.388 e. The van der Waals surface area contributed by atoms with Gasteiger partial charge in [-0.05, 0) is 13.3 Å². The van der Waals surface area contributed by atoms with E-state index in [9.17, 15) is 15.3 Å². The standard InChI is InChI=1S/C11H22O5/c1-3-4-5-6-15-11-10(14)9(13)8(12)7(2)16-11/h7-14H,3-6H2,1-2H3/t7?,8-,9?,10?,11+/m0/s1. The first kappa shape index (κ1) is 13.9.